The molecule has 8 heteroatoms. The molecule has 0 unspecified atom stereocenters. The van der Waals surface area contributed by atoms with Gasteiger partial charge in [-0.2, -0.15) is 0 Å². The highest BCUT2D eigenvalue weighted by Crippen LogP contribution is 2.23. The molecule has 4 aromatic rings. The van der Waals surface area contributed by atoms with Crippen LogP contribution in [-0.2, 0) is 11.3 Å². The lowest BCUT2D eigenvalue weighted by Gasteiger charge is -2.16. The monoisotopic (exact) mass is 449 g/mol. The number of benzene rings is 2. The first kappa shape index (κ1) is 21.6. The summed E-state index contributed by atoms with van der Waals surface area (Å²) in [5, 5.41) is 4.66. The lowest BCUT2D eigenvalue weighted by atomic mass is 10.1. The van der Waals surface area contributed by atoms with Crippen molar-refractivity contribution >= 4 is 33.1 Å². The summed E-state index contributed by atoms with van der Waals surface area (Å²) in [7, 11) is 1.48. The predicted molar refractivity (Wildman–Crippen MR) is 128 cm³/mol. The minimum absolute atomic E-state index is 0.228. The van der Waals surface area contributed by atoms with Crippen LogP contribution < -0.4 is 21.3 Å². The smallest absolute Gasteiger partial charge is 0.336 e. The van der Waals surface area contributed by atoms with Crippen LogP contribution >= 0.6 is 11.3 Å². The molecule has 0 spiro atoms. The molecule has 164 valence electrons. The van der Waals surface area contributed by atoms with Crippen molar-refractivity contribution in [3.05, 3.63) is 85.4 Å². The fourth-order valence-electron chi connectivity index (χ4n) is 3.97. The second-order valence-electron chi connectivity index (χ2n) is 7.64. The van der Waals surface area contributed by atoms with Gasteiger partial charge in [0.05, 0.1) is 18.3 Å². The van der Waals surface area contributed by atoms with Crippen LogP contribution in [0.2, 0.25) is 0 Å². The molecule has 0 saturated heterocycles. The summed E-state index contributed by atoms with van der Waals surface area (Å²) in [6, 6.07) is 12.5. The summed E-state index contributed by atoms with van der Waals surface area (Å²) in [6.45, 7) is 5.63. The van der Waals surface area contributed by atoms with Crippen LogP contribution in [0, 0.1) is 20.8 Å². The first-order valence-corrected chi connectivity index (χ1v) is 10.9. The van der Waals surface area contributed by atoms with Crippen molar-refractivity contribution < 1.29 is 9.53 Å². The Morgan fingerprint density at radius 1 is 1.06 bits per heavy atom. The number of rotatable bonds is 5. The molecule has 1 N–H and O–H groups in total. The van der Waals surface area contributed by atoms with Gasteiger partial charge >= 0.3 is 5.69 Å². The quantitative estimate of drug-likeness (QED) is 0.503. The summed E-state index contributed by atoms with van der Waals surface area (Å²) in [5.41, 5.74) is 3.46. The van der Waals surface area contributed by atoms with Gasteiger partial charge in [-0.25, -0.2) is 9.36 Å². The van der Waals surface area contributed by atoms with Crippen molar-refractivity contribution in [1.29, 1.82) is 0 Å². The lowest BCUT2D eigenvalue weighted by Crippen LogP contribution is -2.40. The number of para-hydroxylation sites is 2. The number of nitrogens with one attached hydrogen (secondary N) is 1. The molecule has 1 amide bonds. The van der Waals surface area contributed by atoms with Crippen LogP contribution in [0.1, 0.15) is 16.7 Å². The summed E-state index contributed by atoms with van der Waals surface area (Å²) in [4.78, 5) is 39.5. The number of amides is 1. The van der Waals surface area contributed by atoms with Crippen LogP contribution in [0.5, 0.6) is 5.75 Å². The second kappa shape index (κ2) is 8.47. The Labute approximate surface area is 188 Å². The van der Waals surface area contributed by atoms with E-state index in [1.807, 2.05) is 32.9 Å². The maximum Gasteiger partial charge on any atom is 0.336 e. The normalized spacial score (nSPS) is 11.0. The second-order valence-corrected chi connectivity index (χ2v) is 8.55. The van der Waals surface area contributed by atoms with Crippen LogP contribution in [-0.4, -0.2) is 22.2 Å². The van der Waals surface area contributed by atoms with Gasteiger partial charge in [0.25, 0.3) is 5.56 Å². The van der Waals surface area contributed by atoms with Gasteiger partial charge in [0.15, 0.2) is 0 Å². The van der Waals surface area contributed by atoms with E-state index in [4.69, 9.17) is 4.74 Å². The zero-order valence-corrected chi connectivity index (χ0v) is 19.1. The standard InChI is InChI=1S/C24H23N3O4S/c1-14-11-15(2)21(16(3)12-14)25-20(28)13-26-18-9-10-32-22(18)23(29)27(24(26)30)17-7-5-6-8-19(17)31-4/h5-12H,13H2,1-4H3,(H,25,28). The summed E-state index contributed by atoms with van der Waals surface area (Å²) >= 11 is 1.23. The number of aromatic nitrogens is 2. The molecule has 4 rings (SSSR count). The van der Waals surface area contributed by atoms with Crippen molar-refractivity contribution in [2.75, 3.05) is 12.4 Å². The number of ether oxygens (including phenoxy) is 1. The van der Waals surface area contributed by atoms with Gasteiger partial charge in [0, 0.05) is 5.69 Å². The van der Waals surface area contributed by atoms with Gasteiger partial charge in [0.1, 0.15) is 17.0 Å². The molecule has 0 aliphatic rings. The number of carbonyl (C=O) groups is 1. The molecule has 32 heavy (non-hydrogen) atoms. The third-order valence-corrected chi connectivity index (χ3v) is 6.22. The van der Waals surface area contributed by atoms with Gasteiger partial charge in [-0.1, -0.05) is 29.8 Å². The van der Waals surface area contributed by atoms with Gasteiger partial charge in [-0.15, -0.1) is 11.3 Å². The zero-order chi connectivity index (χ0) is 23.0. The van der Waals surface area contributed by atoms with Crippen molar-refractivity contribution in [3.63, 3.8) is 0 Å². The molecular formula is C24H23N3O4S. The molecule has 0 fully saturated rings. The Hall–Kier alpha value is -3.65. The molecule has 0 saturated carbocycles. The van der Waals surface area contributed by atoms with E-state index in [0.717, 1.165) is 26.9 Å². The first-order valence-electron chi connectivity index (χ1n) is 10.1. The van der Waals surface area contributed by atoms with Gasteiger partial charge in [0.2, 0.25) is 5.91 Å². The number of hydrogen-bond acceptors (Lipinski definition) is 5. The highest BCUT2D eigenvalue weighted by atomic mass is 32.1. The molecule has 0 atom stereocenters. The zero-order valence-electron chi connectivity index (χ0n) is 18.3. The average molecular weight is 450 g/mol. The van der Waals surface area contributed by atoms with E-state index < -0.39 is 11.2 Å². The predicted octanol–water partition coefficient (Wildman–Crippen LogP) is 3.79. The highest BCUT2D eigenvalue weighted by molar-refractivity contribution is 7.17. The molecule has 0 radical (unpaired) electrons. The van der Waals surface area contributed by atoms with Crippen molar-refractivity contribution in [1.82, 2.24) is 9.13 Å². The van der Waals surface area contributed by atoms with E-state index in [-0.39, 0.29) is 12.5 Å². The Kier molecular flexibility index (Phi) is 5.71. The molecule has 2 aromatic carbocycles. The minimum atomic E-state index is -0.599. The van der Waals surface area contributed by atoms with E-state index in [1.54, 1.807) is 35.7 Å². The molecule has 0 aliphatic heterocycles. The third kappa shape index (κ3) is 3.73. The van der Waals surface area contributed by atoms with Crippen LogP contribution in [0.3, 0.4) is 0 Å². The number of carbonyl (C=O) groups excluding carboxylic acids is 1. The van der Waals surface area contributed by atoms with E-state index in [0.29, 0.717) is 21.7 Å². The Bertz CT molecular complexity index is 1440. The molecule has 2 heterocycles. The van der Waals surface area contributed by atoms with E-state index in [1.165, 1.54) is 23.0 Å². The molecule has 0 bridgehead atoms. The number of fused-ring (bicyclic) bond motifs is 1. The number of aryl methyl sites for hydroxylation is 3. The SMILES string of the molecule is COc1ccccc1-n1c(=O)c2sccc2n(CC(=O)Nc2c(C)cc(C)cc2C)c1=O. The maximum absolute atomic E-state index is 13.4. The summed E-state index contributed by atoms with van der Waals surface area (Å²) in [5.74, 6) is 0.0457. The van der Waals surface area contributed by atoms with Crippen molar-refractivity contribution in [2.45, 2.75) is 27.3 Å². The van der Waals surface area contributed by atoms with Gasteiger partial charge in [-0.3, -0.25) is 14.2 Å². The van der Waals surface area contributed by atoms with Crippen LogP contribution in [0.4, 0.5) is 5.69 Å². The molecule has 0 aliphatic carbocycles. The van der Waals surface area contributed by atoms with E-state index >= 15 is 0 Å². The number of anilines is 1. The van der Waals surface area contributed by atoms with E-state index in [2.05, 4.69) is 5.32 Å². The number of hydrogen-bond donors (Lipinski definition) is 1. The molecular weight excluding hydrogens is 426 g/mol. The number of thiophene rings is 1. The fraction of sp³-hybridized carbons (Fsp3) is 0.208. The molecule has 2 aromatic heterocycles. The first-order chi connectivity index (χ1) is 15.3. The Morgan fingerprint density at radius 3 is 2.44 bits per heavy atom. The summed E-state index contributed by atoms with van der Waals surface area (Å²) in [6.07, 6.45) is 0. The summed E-state index contributed by atoms with van der Waals surface area (Å²) < 4.78 is 8.14. The number of nitrogens with zero attached hydrogens (tertiary/aromatic N) is 2. The van der Waals surface area contributed by atoms with Crippen molar-refractivity contribution in [2.24, 2.45) is 0 Å². The Balaban J connectivity index is 1.82. The topological polar surface area (TPSA) is 82.3 Å². The van der Waals surface area contributed by atoms with E-state index in [9.17, 15) is 14.4 Å². The fourth-order valence-corrected chi connectivity index (χ4v) is 4.79. The number of methoxy groups -OCH3 is 1. The Morgan fingerprint density at radius 2 is 1.75 bits per heavy atom. The lowest BCUT2D eigenvalue weighted by molar-refractivity contribution is -0.116. The largest absolute Gasteiger partial charge is 0.495 e. The third-order valence-electron chi connectivity index (χ3n) is 5.32. The van der Waals surface area contributed by atoms with Crippen LogP contribution in [0.15, 0.2) is 57.4 Å². The van der Waals surface area contributed by atoms with Gasteiger partial charge < -0.3 is 10.1 Å². The highest BCUT2D eigenvalue weighted by Gasteiger charge is 2.20. The maximum atomic E-state index is 13.4. The average Bonchev–Trinajstić information content (AvgIpc) is 3.24. The van der Waals surface area contributed by atoms with Gasteiger partial charge in [-0.05, 0) is 55.5 Å². The molecule has 7 nitrogen and oxygen atoms in total. The van der Waals surface area contributed by atoms with Crippen LogP contribution in [0.25, 0.3) is 15.9 Å². The van der Waals surface area contributed by atoms with Crippen molar-refractivity contribution in [3.8, 4) is 11.4 Å². The minimum Gasteiger partial charge on any atom is -0.495 e.